The maximum atomic E-state index is 9.73. The van der Waals surface area contributed by atoms with Crippen LogP contribution in [0.5, 0.6) is 0 Å². The standard InChI is InChI=1S/C11H18O2S/c1-3-13-9(2)11(12)5-4-10-6-7-14-8-10/h6-9,11-12H,3-5H2,1-2H3. The first-order valence-corrected chi connectivity index (χ1v) is 5.99. The van der Waals surface area contributed by atoms with Gasteiger partial charge >= 0.3 is 0 Å². The third-order valence-electron chi connectivity index (χ3n) is 2.28. The normalized spacial score (nSPS) is 15.4. The molecule has 0 aliphatic heterocycles. The van der Waals surface area contributed by atoms with Crippen LogP contribution >= 0.6 is 11.3 Å². The fourth-order valence-electron chi connectivity index (χ4n) is 1.36. The van der Waals surface area contributed by atoms with Gasteiger partial charge in [0.15, 0.2) is 0 Å². The second-order valence-electron chi connectivity index (χ2n) is 3.40. The lowest BCUT2D eigenvalue weighted by Crippen LogP contribution is -2.26. The van der Waals surface area contributed by atoms with E-state index in [0.717, 1.165) is 12.8 Å². The van der Waals surface area contributed by atoms with Gasteiger partial charge in [0.05, 0.1) is 12.2 Å². The van der Waals surface area contributed by atoms with Crippen molar-refractivity contribution in [3.8, 4) is 0 Å². The van der Waals surface area contributed by atoms with E-state index in [4.69, 9.17) is 4.74 Å². The number of rotatable bonds is 6. The van der Waals surface area contributed by atoms with Crippen LogP contribution in [0.15, 0.2) is 16.8 Å². The summed E-state index contributed by atoms with van der Waals surface area (Å²) >= 11 is 1.70. The Bertz CT molecular complexity index is 233. The molecule has 80 valence electrons. The van der Waals surface area contributed by atoms with Gasteiger partial charge in [-0.1, -0.05) is 0 Å². The number of ether oxygens (including phenoxy) is 1. The third-order valence-corrected chi connectivity index (χ3v) is 3.01. The predicted molar refractivity (Wildman–Crippen MR) is 59.7 cm³/mol. The van der Waals surface area contributed by atoms with Gasteiger partial charge in [0.25, 0.3) is 0 Å². The molecule has 14 heavy (non-hydrogen) atoms. The predicted octanol–water partition coefficient (Wildman–Crippen LogP) is 2.47. The summed E-state index contributed by atoms with van der Waals surface area (Å²) in [6.07, 6.45) is 1.30. The van der Waals surface area contributed by atoms with Crippen molar-refractivity contribution in [2.24, 2.45) is 0 Å². The second kappa shape index (κ2) is 6.17. The van der Waals surface area contributed by atoms with E-state index < -0.39 is 0 Å². The Morgan fingerprint density at radius 2 is 2.36 bits per heavy atom. The van der Waals surface area contributed by atoms with Crippen molar-refractivity contribution in [3.05, 3.63) is 22.4 Å². The number of aryl methyl sites for hydroxylation is 1. The maximum absolute atomic E-state index is 9.73. The molecular weight excluding hydrogens is 196 g/mol. The molecule has 0 amide bonds. The topological polar surface area (TPSA) is 29.5 Å². The molecule has 1 aromatic rings. The van der Waals surface area contributed by atoms with Gasteiger partial charge in [-0.2, -0.15) is 11.3 Å². The summed E-state index contributed by atoms with van der Waals surface area (Å²) in [4.78, 5) is 0. The van der Waals surface area contributed by atoms with Gasteiger partial charge in [0.1, 0.15) is 0 Å². The van der Waals surface area contributed by atoms with Crippen molar-refractivity contribution < 1.29 is 9.84 Å². The minimum Gasteiger partial charge on any atom is -0.390 e. The summed E-state index contributed by atoms with van der Waals surface area (Å²) < 4.78 is 5.33. The molecule has 1 rings (SSSR count). The minimum absolute atomic E-state index is 0.0568. The molecule has 0 aromatic carbocycles. The number of aliphatic hydroxyl groups excluding tert-OH is 1. The Hall–Kier alpha value is -0.380. The lowest BCUT2D eigenvalue weighted by Gasteiger charge is -2.18. The molecule has 3 heteroatoms. The molecule has 0 saturated carbocycles. The minimum atomic E-state index is -0.352. The Labute approximate surface area is 89.5 Å². The second-order valence-corrected chi connectivity index (χ2v) is 4.18. The van der Waals surface area contributed by atoms with Crippen LogP contribution in [-0.4, -0.2) is 23.9 Å². The van der Waals surface area contributed by atoms with Crippen molar-refractivity contribution in [2.45, 2.75) is 38.9 Å². The van der Waals surface area contributed by atoms with Crippen LogP contribution in [0.25, 0.3) is 0 Å². The Balaban J connectivity index is 2.24. The summed E-state index contributed by atoms with van der Waals surface area (Å²) in [5.41, 5.74) is 1.30. The van der Waals surface area contributed by atoms with E-state index in [1.807, 2.05) is 13.8 Å². The van der Waals surface area contributed by atoms with Crippen molar-refractivity contribution in [2.75, 3.05) is 6.61 Å². The van der Waals surface area contributed by atoms with E-state index in [1.54, 1.807) is 11.3 Å². The molecule has 0 radical (unpaired) electrons. The molecule has 1 aromatic heterocycles. The van der Waals surface area contributed by atoms with E-state index in [2.05, 4.69) is 16.8 Å². The quantitative estimate of drug-likeness (QED) is 0.788. The van der Waals surface area contributed by atoms with E-state index in [9.17, 15) is 5.11 Å². The first-order chi connectivity index (χ1) is 6.74. The third kappa shape index (κ3) is 3.78. The van der Waals surface area contributed by atoms with Gasteiger partial charge in [-0.15, -0.1) is 0 Å². The Morgan fingerprint density at radius 3 is 2.93 bits per heavy atom. The number of aliphatic hydroxyl groups is 1. The summed E-state index contributed by atoms with van der Waals surface area (Å²) in [6, 6.07) is 2.10. The van der Waals surface area contributed by atoms with Gasteiger partial charge in [-0.25, -0.2) is 0 Å². The molecule has 2 nitrogen and oxygen atoms in total. The first-order valence-electron chi connectivity index (χ1n) is 5.04. The molecule has 0 aliphatic rings. The van der Waals surface area contributed by atoms with Crippen LogP contribution in [-0.2, 0) is 11.2 Å². The first kappa shape index (κ1) is 11.7. The molecule has 0 aliphatic carbocycles. The highest BCUT2D eigenvalue weighted by molar-refractivity contribution is 7.07. The molecule has 2 unspecified atom stereocenters. The van der Waals surface area contributed by atoms with Crippen LogP contribution < -0.4 is 0 Å². The molecule has 1 N–H and O–H groups in total. The number of hydrogen-bond donors (Lipinski definition) is 1. The fraction of sp³-hybridized carbons (Fsp3) is 0.636. The van der Waals surface area contributed by atoms with Crippen molar-refractivity contribution >= 4 is 11.3 Å². The van der Waals surface area contributed by atoms with Gasteiger partial charge in [0, 0.05) is 6.61 Å². The number of hydrogen-bond acceptors (Lipinski definition) is 3. The summed E-state index contributed by atoms with van der Waals surface area (Å²) in [5.74, 6) is 0. The highest BCUT2D eigenvalue weighted by Gasteiger charge is 2.13. The van der Waals surface area contributed by atoms with E-state index in [1.165, 1.54) is 5.56 Å². The summed E-state index contributed by atoms with van der Waals surface area (Å²) in [6.45, 7) is 4.53. The zero-order valence-corrected chi connectivity index (χ0v) is 9.59. The van der Waals surface area contributed by atoms with Crippen molar-refractivity contribution in [3.63, 3.8) is 0 Å². The van der Waals surface area contributed by atoms with Crippen LogP contribution in [0.4, 0.5) is 0 Å². The van der Waals surface area contributed by atoms with Crippen LogP contribution in [0.2, 0.25) is 0 Å². The zero-order valence-electron chi connectivity index (χ0n) is 8.77. The largest absolute Gasteiger partial charge is 0.390 e. The van der Waals surface area contributed by atoms with Gasteiger partial charge in [-0.3, -0.25) is 0 Å². The molecular formula is C11H18O2S. The van der Waals surface area contributed by atoms with E-state index in [0.29, 0.717) is 6.61 Å². The lowest BCUT2D eigenvalue weighted by molar-refractivity contribution is -0.0244. The average molecular weight is 214 g/mol. The highest BCUT2D eigenvalue weighted by atomic mass is 32.1. The van der Waals surface area contributed by atoms with Crippen molar-refractivity contribution in [1.82, 2.24) is 0 Å². The Morgan fingerprint density at radius 1 is 1.57 bits per heavy atom. The molecule has 0 bridgehead atoms. The van der Waals surface area contributed by atoms with Gasteiger partial charge in [0.2, 0.25) is 0 Å². The monoisotopic (exact) mass is 214 g/mol. The average Bonchev–Trinajstić information content (AvgIpc) is 2.67. The smallest absolute Gasteiger partial charge is 0.0805 e. The van der Waals surface area contributed by atoms with Crippen LogP contribution in [0, 0.1) is 0 Å². The Kier molecular flexibility index (Phi) is 5.15. The lowest BCUT2D eigenvalue weighted by atomic mass is 10.1. The molecule has 0 fully saturated rings. The van der Waals surface area contributed by atoms with Gasteiger partial charge < -0.3 is 9.84 Å². The van der Waals surface area contributed by atoms with E-state index >= 15 is 0 Å². The SMILES string of the molecule is CCOC(C)C(O)CCc1ccsc1. The van der Waals surface area contributed by atoms with Crippen molar-refractivity contribution in [1.29, 1.82) is 0 Å². The van der Waals surface area contributed by atoms with Crippen LogP contribution in [0.1, 0.15) is 25.8 Å². The van der Waals surface area contributed by atoms with Gasteiger partial charge in [-0.05, 0) is 49.1 Å². The summed E-state index contributed by atoms with van der Waals surface area (Å²) in [7, 11) is 0. The number of thiophene rings is 1. The molecule has 0 saturated heterocycles. The fourth-order valence-corrected chi connectivity index (χ4v) is 2.06. The van der Waals surface area contributed by atoms with Crippen LogP contribution in [0.3, 0.4) is 0 Å². The molecule has 2 atom stereocenters. The highest BCUT2D eigenvalue weighted by Crippen LogP contribution is 2.12. The maximum Gasteiger partial charge on any atom is 0.0805 e. The zero-order chi connectivity index (χ0) is 10.4. The van der Waals surface area contributed by atoms with E-state index in [-0.39, 0.29) is 12.2 Å². The summed E-state index contributed by atoms with van der Waals surface area (Å²) in [5, 5.41) is 13.9. The molecule has 0 spiro atoms. The molecule has 1 heterocycles.